The first-order valence-corrected chi connectivity index (χ1v) is 6.46. The van der Waals surface area contributed by atoms with Crippen LogP contribution in [0.3, 0.4) is 0 Å². The van der Waals surface area contributed by atoms with Crippen molar-refractivity contribution in [3.8, 4) is 0 Å². The van der Waals surface area contributed by atoms with E-state index in [2.05, 4.69) is 31.0 Å². The van der Waals surface area contributed by atoms with Crippen LogP contribution in [0.25, 0.3) is 0 Å². The minimum atomic E-state index is -0.379. The Morgan fingerprint density at radius 3 is 2.79 bits per heavy atom. The molecule has 0 fully saturated rings. The normalized spacial score (nSPS) is 10.1. The van der Waals surface area contributed by atoms with Gasteiger partial charge in [-0.15, -0.1) is 0 Å². The van der Waals surface area contributed by atoms with Crippen molar-refractivity contribution in [2.45, 2.75) is 6.92 Å². The smallest absolute Gasteiger partial charge is 0.338 e. The van der Waals surface area contributed by atoms with E-state index < -0.39 is 0 Å². The number of hydrogen-bond donors (Lipinski definition) is 1. The summed E-state index contributed by atoms with van der Waals surface area (Å²) in [5, 5.41) is 3.16. The highest BCUT2D eigenvalue weighted by atomic mass is 79.9. The molecule has 0 spiro atoms. The average molecular weight is 321 g/mol. The molecule has 0 aliphatic carbocycles. The van der Waals surface area contributed by atoms with E-state index in [4.69, 9.17) is 0 Å². The lowest BCUT2D eigenvalue weighted by atomic mass is 10.2. The Labute approximate surface area is 119 Å². The third-order valence-corrected chi connectivity index (χ3v) is 2.95. The summed E-state index contributed by atoms with van der Waals surface area (Å²) in [4.78, 5) is 15.6. The van der Waals surface area contributed by atoms with Crippen LogP contribution in [0.15, 0.2) is 41.0 Å². The van der Waals surface area contributed by atoms with Crippen LogP contribution in [0, 0.1) is 6.92 Å². The van der Waals surface area contributed by atoms with Gasteiger partial charge in [0.15, 0.2) is 0 Å². The second-order valence-corrected chi connectivity index (χ2v) is 4.98. The average Bonchev–Trinajstić information content (AvgIpc) is 2.37. The molecule has 0 saturated carbocycles. The number of carbonyl (C=O) groups is 1. The summed E-state index contributed by atoms with van der Waals surface area (Å²) >= 11 is 3.44. The number of aryl methyl sites for hydroxylation is 1. The molecule has 1 heterocycles. The van der Waals surface area contributed by atoms with Gasteiger partial charge in [-0.3, -0.25) is 0 Å². The Kier molecular flexibility index (Phi) is 4.16. The molecule has 1 aromatic heterocycles. The van der Waals surface area contributed by atoms with Crippen LogP contribution in [0.4, 0.5) is 11.5 Å². The van der Waals surface area contributed by atoms with Gasteiger partial charge in [0.25, 0.3) is 0 Å². The molecule has 5 heteroatoms. The van der Waals surface area contributed by atoms with E-state index in [1.165, 1.54) is 7.11 Å². The third kappa shape index (κ3) is 3.54. The zero-order valence-electron chi connectivity index (χ0n) is 10.6. The van der Waals surface area contributed by atoms with Crippen LogP contribution >= 0.6 is 15.9 Å². The first-order valence-electron chi connectivity index (χ1n) is 5.67. The zero-order chi connectivity index (χ0) is 13.8. The molecule has 1 aromatic carbocycles. The molecule has 0 unspecified atom stereocenters. The zero-order valence-corrected chi connectivity index (χ0v) is 12.2. The minimum absolute atomic E-state index is 0.379. The summed E-state index contributed by atoms with van der Waals surface area (Å²) in [6.07, 6.45) is 1.57. The number of aromatic nitrogens is 1. The van der Waals surface area contributed by atoms with E-state index in [0.717, 1.165) is 15.7 Å². The molecule has 0 amide bonds. The van der Waals surface area contributed by atoms with E-state index in [0.29, 0.717) is 11.4 Å². The number of rotatable bonds is 3. The number of carbonyl (C=O) groups excluding carboxylic acids is 1. The maximum atomic E-state index is 11.4. The molecule has 0 aliphatic rings. The second-order valence-electron chi connectivity index (χ2n) is 4.06. The number of halogens is 1. The molecule has 0 saturated heterocycles. The van der Waals surface area contributed by atoms with Gasteiger partial charge >= 0.3 is 5.97 Å². The molecule has 0 radical (unpaired) electrons. The van der Waals surface area contributed by atoms with Gasteiger partial charge in [0, 0.05) is 16.4 Å². The number of esters is 1. The van der Waals surface area contributed by atoms with Crippen LogP contribution in [-0.2, 0) is 4.74 Å². The maximum absolute atomic E-state index is 11.4. The molecule has 2 aromatic rings. The summed E-state index contributed by atoms with van der Waals surface area (Å²) in [6.45, 7) is 2.01. The molecule has 0 bridgehead atoms. The number of benzene rings is 1. The highest BCUT2D eigenvalue weighted by Crippen LogP contribution is 2.22. The van der Waals surface area contributed by atoms with Crippen LogP contribution < -0.4 is 5.32 Å². The summed E-state index contributed by atoms with van der Waals surface area (Å²) in [5.74, 6) is 0.219. The standard InChI is InChI=1S/C14H13BrN2O2/c1-9-5-11(15)8-12(6-9)17-13-7-10(3-4-16-13)14(18)19-2/h3-8H,1-2H3,(H,16,17). The van der Waals surface area contributed by atoms with Crippen LogP contribution in [0.1, 0.15) is 15.9 Å². The highest BCUT2D eigenvalue weighted by molar-refractivity contribution is 9.10. The molecule has 1 N–H and O–H groups in total. The number of nitrogens with zero attached hydrogens (tertiary/aromatic N) is 1. The van der Waals surface area contributed by atoms with Crippen molar-refractivity contribution >= 4 is 33.4 Å². The monoisotopic (exact) mass is 320 g/mol. The molecule has 4 nitrogen and oxygen atoms in total. The van der Waals surface area contributed by atoms with Gasteiger partial charge < -0.3 is 10.1 Å². The first-order chi connectivity index (χ1) is 9.08. The van der Waals surface area contributed by atoms with Crippen molar-refractivity contribution in [2.24, 2.45) is 0 Å². The lowest BCUT2D eigenvalue weighted by Crippen LogP contribution is -2.03. The van der Waals surface area contributed by atoms with Crippen LogP contribution in [0.2, 0.25) is 0 Å². The van der Waals surface area contributed by atoms with Gasteiger partial charge in [0.1, 0.15) is 5.82 Å². The minimum Gasteiger partial charge on any atom is -0.465 e. The molecular weight excluding hydrogens is 308 g/mol. The van der Waals surface area contributed by atoms with Crippen molar-refractivity contribution in [3.63, 3.8) is 0 Å². The molecule has 0 aliphatic heterocycles. The van der Waals surface area contributed by atoms with Crippen LogP contribution in [0.5, 0.6) is 0 Å². The van der Waals surface area contributed by atoms with Gasteiger partial charge in [-0.05, 0) is 42.8 Å². The van der Waals surface area contributed by atoms with E-state index in [9.17, 15) is 4.79 Å². The maximum Gasteiger partial charge on any atom is 0.338 e. The quantitative estimate of drug-likeness (QED) is 0.876. The van der Waals surface area contributed by atoms with Gasteiger partial charge in [-0.1, -0.05) is 15.9 Å². The summed E-state index contributed by atoms with van der Waals surface area (Å²) in [5.41, 5.74) is 2.49. The largest absolute Gasteiger partial charge is 0.465 e. The summed E-state index contributed by atoms with van der Waals surface area (Å²) in [7, 11) is 1.35. The van der Waals surface area contributed by atoms with Crippen molar-refractivity contribution in [2.75, 3.05) is 12.4 Å². The first kappa shape index (κ1) is 13.5. The third-order valence-electron chi connectivity index (χ3n) is 2.50. The fraction of sp³-hybridized carbons (Fsp3) is 0.143. The lowest BCUT2D eigenvalue weighted by Gasteiger charge is -2.08. The van der Waals surface area contributed by atoms with E-state index >= 15 is 0 Å². The molecular formula is C14H13BrN2O2. The summed E-state index contributed by atoms with van der Waals surface area (Å²) < 4.78 is 5.66. The van der Waals surface area contributed by atoms with Crippen LogP contribution in [-0.4, -0.2) is 18.1 Å². The lowest BCUT2D eigenvalue weighted by molar-refractivity contribution is 0.0600. The van der Waals surface area contributed by atoms with Gasteiger partial charge in [0.05, 0.1) is 12.7 Å². The fourth-order valence-corrected chi connectivity index (χ4v) is 2.31. The Morgan fingerprint density at radius 2 is 2.11 bits per heavy atom. The Hall–Kier alpha value is -1.88. The number of nitrogens with one attached hydrogen (secondary N) is 1. The summed E-state index contributed by atoms with van der Waals surface area (Å²) in [6, 6.07) is 9.23. The number of pyridine rings is 1. The van der Waals surface area contributed by atoms with Crippen molar-refractivity contribution in [1.29, 1.82) is 0 Å². The van der Waals surface area contributed by atoms with Crippen molar-refractivity contribution < 1.29 is 9.53 Å². The van der Waals surface area contributed by atoms with Gasteiger partial charge in [-0.25, -0.2) is 9.78 Å². The number of hydrogen-bond acceptors (Lipinski definition) is 4. The highest BCUT2D eigenvalue weighted by Gasteiger charge is 2.06. The van der Waals surface area contributed by atoms with E-state index in [-0.39, 0.29) is 5.97 Å². The Balaban J connectivity index is 2.25. The SMILES string of the molecule is COC(=O)c1ccnc(Nc2cc(C)cc(Br)c2)c1. The Bertz CT molecular complexity index is 594. The van der Waals surface area contributed by atoms with Gasteiger partial charge in [0.2, 0.25) is 0 Å². The number of methoxy groups -OCH3 is 1. The van der Waals surface area contributed by atoms with Crippen molar-refractivity contribution in [1.82, 2.24) is 4.98 Å². The predicted octanol–water partition coefficient (Wildman–Crippen LogP) is 3.68. The number of ether oxygens (including phenoxy) is 1. The second kappa shape index (κ2) is 5.84. The molecule has 0 atom stereocenters. The predicted molar refractivity (Wildman–Crippen MR) is 77.7 cm³/mol. The number of anilines is 2. The molecule has 19 heavy (non-hydrogen) atoms. The molecule has 2 rings (SSSR count). The Morgan fingerprint density at radius 1 is 1.32 bits per heavy atom. The van der Waals surface area contributed by atoms with Crippen molar-refractivity contribution in [3.05, 3.63) is 52.1 Å². The fourth-order valence-electron chi connectivity index (χ4n) is 1.70. The van der Waals surface area contributed by atoms with E-state index in [1.54, 1.807) is 18.3 Å². The van der Waals surface area contributed by atoms with Gasteiger partial charge in [-0.2, -0.15) is 0 Å². The molecule has 98 valence electrons. The van der Waals surface area contributed by atoms with E-state index in [1.807, 2.05) is 25.1 Å². The topological polar surface area (TPSA) is 51.2 Å².